The van der Waals surface area contributed by atoms with Crippen LogP contribution in [-0.2, 0) is 6.54 Å². The van der Waals surface area contributed by atoms with Crippen LogP contribution >= 0.6 is 11.6 Å². The average molecular weight is 413 g/mol. The van der Waals surface area contributed by atoms with Crippen molar-refractivity contribution in [2.45, 2.75) is 20.4 Å². The van der Waals surface area contributed by atoms with Crippen molar-refractivity contribution >= 4 is 17.6 Å². The molecule has 0 aliphatic rings. The summed E-state index contributed by atoms with van der Waals surface area (Å²) in [5.41, 5.74) is 4.27. The van der Waals surface area contributed by atoms with Gasteiger partial charge in [0.2, 0.25) is 5.88 Å². The molecule has 0 unspecified atom stereocenters. The number of hydrogen-bond acceptors (Lipinski definition) is 4. The number of benzene rings is 1. The van der Waals surface area contributed by atoms with Crippen LogP contribution in [0.2, 0.25) is 5.02 Å². The third-order valence-corrected chi connectivity index (χ3v) is 4.54. The normalized spacial score (nSPS) is 11.4. The summed E-state index contributed by atoms with van der Waals surface area (Å²) >= 11 is 6.04. The first-order chi connectivity index (χ1) is 14.1. The van der Waals surface area contributed by atoms with Crippen LogP contribution in [-0.4, -0.2) is 40.9 Å². The fourth-order valence-corrected chi connectivity index (χ4v) is 3.11. The summed E-state index contributed by atoms with van der Waals surface area (Å²) in [7, 11) is 1.73. The van der Waals surface area contributed by atoms with E-state index in [0.29, 0.717) is 36.6 Å². The van der Waals surface area contributed by atoms with Gasteiger partial charge in [0.05, 0.1) is 17.9 Å². The molecule has 8 heteroatoms. The Hall–Kier alpha value is -3.06. The highest BCUT2D eigenvalue weighted by molar-refractivity contribution is 6.31. The molecule has 0 bridgehead atoms. The Morgan fingerprint density at radius 3 is 2.72 bits per heavy atom. The summed E-state index contributed by atoms with van der Waals surface area (Å²) in [6.07, 6.45) is 1.65. The Kier molecular flexibility index (Phi) is 7.08. The number of nitrogens with one attached hydrogen (secondary N) is 2. The van der Waals surface area contributed by atoms with Gasteiger partial charge in [0, 0.05) is 25.5 Å². The number of pyridine rings is 1. The minimum atomic E-state index is 0.416. The van der Waals surface area contributed by atoms with Crippen molar-refractivity contribution in [3.05, 3.63) is 70.6 Å². The number of aromatic nitrogens is 3. The Labute approximate surface area is 175 Å². The summed E-state index contributed by atoms with van der Waals surface area (Å²) in [4.78, 5) is 8.37. The van der Waals surface area contributed by atoms with Crippen LogP contribution in [0.3, 0.4) is 0 Å². The average Bonchev–Trinajstić information content (AvgIpc) is 3.06. The molecular weight excluding hydrogens is 388 g/mol. The molecule has 7 nitrogen and oxygen atoms in total. The van der Waals surface area contributed by atoms with Gasteiger partial charge in [-0.1, -0.05) is 29.8 Å². The molecule has 0 aliphatic heterocycles. The van der Waals surface area contributed by atoms with Crippen molar-refractivity contribution in [2.75, 3.05) is 20.2 Å². The van der Waals surface area contributed by atoms with Gasteiger partial charge in [-0.3, -0.25) is 4.99 Å². The van der Waals surface area contributed by atoms with Crippen LogP contribution < -0.4 is 15.4 Å². The highest BCUT2D eigenvalue weighted by atomic mass is 35.5. The van der Waals surface area contributed by atoms with E-state index in [4.69, 9.17) is 16.3 Å². The van der Waals surface area contributed by atoms with Crippen molar-refractivity contribution in [3.63, 3.8) is 0 Å². The molecule has 152 valence electrons. The minimum Gasteiger partial charge on any atom is -0.475 e. The first-order valence-electron chi connectivity index (χ1n) is 9.38. The van der Waals surface area contributed by atoms with Crippen molar-refractivity contribution < 1.29 is 4.74 Å². The van der Waals surface area contributed by atoms with Gasteiger partial charge in [0.15, 0.2) is 5.96 Å². The summed E-state index contributed by atoms with van der Waals surface area (Å²) in [5, 5.41) is 11.6. The molecule has 2 aromatic heterocycles. The summed E-state index contributed by atoms with van der Waals surface area (Å²) in [6.45, 7) is 5.64. The molecule has 0 saturated carbocycles. The topological polar surface area (TPSA) is 76.4 Å². The minimum absolute atomic E-state index is 0.416. The second-order valence-electron chi connectivity index (χ2n) is 6.46. The van der Waals surface area contributed by atoms with Gasteiger partial charge in [-0.2, -0.15) is 5.10 Å². The molecule has 0 radical (unpaired) electrons. The van der Waals surface area contributed by atoms with E-state index < -0.39 is 0 Å². The summed E-state index contributed by atoms with van der Waals surface area (Å²) in [6, 6.07) is 13.8. The molecule has 0 amide bonds. The summed E-state index contributed by atoms with van der Waals surface area (Å²) in [5.74, 6) is 1.11. The zero-order valence-electron chi connectivity index (χ0n) is 16.8. The van der Waals surface area contributed by atoms with Gasteiger partial charge in [0.25, 0.3) is 0 Å². The van der Waals surface area contributed by atoms with E-state index in [2.05, 4.69) is 50.8 Å². The second-order valence-corrected chi connectivity index (χ2v) is 6.87. The van der Waals surface area contributed by atoms with E-state index in [0.717, 1.165) is 22.6 Å². The molecule has 0 fully saturated rings. The number of hydrogen-bond donors (Lipinski definition) is 2. The fourth-order valence-electron chi connectivity index (χ4n) is 2.93. The number of nitrogens with zero attached hydrogens (tertiary/aromatic N) is 4. The zero-order valence-corrected chi connectivity index (χ0v) is 17.6. The number of rotatable bonds is 7. The maximum Gasteiger partial charge on any atom is 0.232 e. The predicted octanol–water partition coefficient (Wildman–Crippen LogP) is 3.28. The number of aliphatic imine (C=N–C) groups is 1. The van der Waals surface area contributed by atoms with Gasteiger partial charge in [-0.05, 0) is 43.7 Å². The van der Waals surface area contributed by atoms with Gasteiger partial charge < -0.3 is 15.4 Å². The molecule has 1 aromatic carbocycles. The molecule has 3 aromatic rings. The SMILES string of the molecule is CN=C(NCCOc1ncccc1Cl)NCc1ccccc1-n1nc(C)cc1C. The Morgan fingerprint density at radius 2 is 2.00 bits per heavy atom. The van der Waals surface area contributed by atoms with E-state index in [-0.39, 0.29) is 0 Å². The van der Waals surface area contributed by atoms with Crippen molar-refractivity contribution in [3.8, 4) is 11.6 Å². The van der Waals surface area contributed by atoms with Gasteiger partial charge in [0.1, 0.15) is 11.6 Å². The van der Waals surface area contributed by atoms with Gasteiger partial charge in [-0.25, -0.2) is 9.67 Å². The number of ether oxygens (including phenoxy) is 1. The lowest BCUT2D eigenvalue weighted by atomic mass is 10.1. The van der Waals surface area contributed by atoms with Crippen LogP contribution in [0, 0.1) is 13.8 Å². The van der Waals surface area contributed by atoms with Crippen LogP contribution in [0.25, 0.3) is 5.69 Å². The highest BCUT2D eigenvalue weighted by Gasteiger charge is 2.09. The molecule has 3 rings (SSSR count). The largest absolute Gasteiger partial charge is 0.475 e. The van der Waals surface area contributed by atoms with E-state index in [1.807, 2.05) is 23.7 Å². The van der Waals surface area contributed by atoms with Crippen molar-refractivity contribution in [2.24, 2.45) is 4.99 Å². The van der Waals surface area contributed by atoms with Crippen LogP contribution in [0.4, 0.5) is 0 Å². The Balaban J connectivity index is 1.55. The van der Waals surface area contributed by atoms with E-state index in [1.165, 1.54) is 0 Å². The molecule has 0 atom stereocenters. The molecule has 2 N–H and O–H groups in total. The lowest BCUT2D eigenvalue weighted by molar-refractivity contribution is 0.310. The third-order valence-electron chi connectivity index (χ3n) is 4.26. The zero-order chi connectivity index (χ0) is 20.6. The Morgan fingerprint density at radius 1 is 1.17 bits per heavy atom. The monoisotopic (exact) mass is 412 g/mol. The molecule has 0 saturated heterocycles. The van der Waals surface area contributed by atoms with E-state index in [9.17, 15) is 0 Å². The van der Waals surface area contributed by atoms with Crippen molar-refractivity contribution in [1.82, 2.24) is 25.4 Å². The quantitative estimate of drug-likeness (QED) is 0.354. The molecule has 0 spiro atoms. The maximum absolute atomic E-state index is 6.04. The number of aryl methyl sites for hydroxylation is 2. The molecule has 29 heavy (non-hydrogen) atoms. The predicted molar refractivity (Wildman–Crippen MR) is 116 cm³/mol. The third kappa shape index (κ3) is 5.48. The molecule has 2 heterocycles. The summed E-state index contributed by atoms with van der Waals surface area (Å²) < 4.78 is 7.55. The van der Waals surface area contributed by atoms with E-state index in [1.54, 1.807) is 25.4 Å². The van der Waals surface area contributed by atoms with Crippen LogP contribution in [0.15, 0.2) is 53.7 Å². The fraction of sp³-hybridized carbons (Fsp3) is 0.286. The standard InChI is InChI=1S/C21H25ClN6O/c1-15-13-16(2)28(27-15)19-9-5-4-7-17(19)14-26-21(23-3)25-11-12-29-20-18(22)8-6-10-24-20/h4-10,13H,11-12,14H2,1-3H3,(H2,23,25,26). The lowest BCUT2D eigenvalue weighted by Crippen LogP contribution is -2.39. The number of guanidine groups is 1. The molecular formula is C21H25ClN6O. The maximum atomic E-state index is 6.04. The molecule has 0 aliphatic carbocycles. The highest BCUT2D eigenvalue weighted by Crippen LogP contribution is 2.19. The first-order valence-corrected chi connectivity index (χ1v) is 9.75. The number of halogens is 1. The Bertz CT molecular complexity index is 985. The van der Waals surface area contributed by atoms with Crippen LogP contribution in [0.1, 0.15) is 17.0 Å². The number of para-hydroxylation sites is 1. The van der Waals surface area contributed by atoms with E-state index >= 15 is 0 Å². The van der Waals surface area contributed by atoms with Gasteiger partial charge >= 0.3 is 0 Å². The van der Waals surface area contributed by atoms with Crippen molar-refractivity contribution in [1.29, 1.82) is 0 Å². The van der Waals surface area contributed by atoms with Crippen LogP contribution in [0.5, 0.6) is 5.88 Å². The second kappa shape index (κ2) is 9.93. The van der Waals surface area contributed by atoms with Gasteiger partial charge in [-0.15, -0.1) is 0 Å². The smallest absolute Gasteiger partial charge is 0.232 e. The lowest BCUT2D eigenvalue weighted by Gasteiger charge is -2.15. The first kappa shape index (κ1) is 20.7.